The summed E-state index contributed by atoms with van der Waals surface area (Å²) in [5, 5.41) is 10.8. The smallest absolute Gasteiger partial charge is 0.254 e. The molecule has 22 heavy (non-hydrogen) atoms. The zero-order valence-electron chi connectivity index (χ0n) is 13.1. The van der Waals surface area contributed by atoms with Crippen LogP contribution in [0.4, 0.5) is 0 Å². The van der Waals surface area contributed by atoms with Crippen LogP contribution in [0, 0.1) is 13.8 Å². The Morgan fingerprint density at radius 1 is 1.27 bits per heavy atom. The Morgan fingerprint density at radius 3 is 2.73 bits per heavy atom. The van der Waals surface area contributed by atoms with Crippen LogP contribution in [0.25, 0.3) is 5.69 Å². The maximum absolute atomic E-state index is 12.5. The highest BCUT2D eigenvalue weighted by atomic mass is 16.1. The van der Waals surface area contributed by atoms with E-state index in [2.05, 4.69) is 15.7 Å². The Morgan fingerprint density at radius 2 is 2.00 bits per heavy atom. The number of carbonyl (C=O) groups excluding carboxylic acids is 1. The van der Waals surface area contributed by atoms with Gasteiger partial charge in [-0.25, -0.2) is 4.68 Å². The van der Waals surface area contributed by atoms with E-state index in [-0.39, 0.29) is 11.9 Å². The molecule has 0 unspecified atom stereocenters. The van der Waals surface area contributed by atoms with E-state index in [1.165, 1.54) is 0 Å². The van der Waals surface area contributed by atoms with Crippen LogP contribution in [0.1, 0.15) is 34.5 Å². The topological polar surface area (TPSA) is 59.0 Å². The molecule has 1 saturated heterocycles. The van der Waals surface area contributed by atoms with Crippen LogP contribution in [-0.4, -0.2) is 34.8 Å². The van der Waals surface area contributed by atoms with Crippen LogP contribution in [0.3, 0.4) is 0 Å². The fourth-order valence-corrected chi connectivity index (χ4v) is 2.91. The van der Waals surface area contributed by atoms with Gasteiger partial charge in [-0.1, -0.05) is 18.2 Å². The molecule has 0 radical (unpaired) electrons. The van der Waals surface area contributed by atoms with Gasteiger partial charge in [0.25, 0.3) is 5.91 Å². The standard InChI is InChI=1S/C17H22N4O/c1-12-5-3-4-6-16(12)21-13(2)15(11-19-21)17(22)20-14-7-9-18-10-8-14/h3-6,11,14,18H,7-10H2,1-2H3,(H,20,22). The molecule has 0 bridgehead atoms. The molecule has 0 aliphatic carbocycles. The zero-order chi connectivity index (χ0) is 15.5. The summed E-state index contributed by atoms with van der Waals surface area (Å²) in [6.45, 7) is 5.92. The third-order valence-corrected chi connectivity index (χ3v) is 4.27. The highest BCUT2D eigenvalue weighted by Gasteiger charge is 2.20. The third kappa shape index (κ3) is 2.90. The Hall–Kier alpha value is -2.14. The first-order valence-corrected chi connectivity index (χ1v) is 7.79. The lowest BCUT2D eigenvalue weighted by molar-refractivity contribution is 0.0929. The Kier molecular flexibility index (Phi) is 4.24. The maximum Gasteiger partial charge on any atom is 0.254 e. The van der Waals surface area contributed by atoms with Gasteiger partial charge < -0.3 is 10.6 Å². The summed E-state index contributed by atoms with van der Waals surface area (Å²) in [5.41, 5.74) is 3.68. The van der Waals surface area contributed by atoms with Crippen molar-refractivity contribution in [3.8, 4) is 5.69 Å². The lowest BCUT2D eigenvalue weighted by atomic mass is 10.1. The second kappa shape index (κ2) is 6.32. The molecule has 0 atom stereocenters. The van der Waals surface area contributed by atoms with Crippen LogP contribution in [-0.2, 0) is 0 Å². The number of hydrogen-bond donors (Lipinski definition) is 2. The van der Waals surface area contributed by atoms with Crippen molar-refractivity contribution in [2.45, 2.75) is 32.7 Å². The van der Waals surface area contributed by atoms with Crippen molar-refractivity contribution in [2.24, 2.45) is 0 Å². The fourth-order valence-electron chi connectivity index (χ4n) is 2.91. The summed E-state index contributed by atoms with van der Waals surface area (Å²) >= 11 is 0. The maximum atomic E-state index is 12.5. The fraction of sp³-hybridized carbons (Fsp3) is 0.412. The Labute approximate surface area is 130 Å². The van der Waals surface area contributed by atoms with E-state index in [0.717, 1.165) is 42.9 Å². The summed E-state index contributed by atoms with van der Waals surface area (Å²) in [4.78, 5) is 12.5. The van der Waals surface area contributed by atoms with Gasteiger partial charge in [0.15, 0.2) is 0 Å². The molecular formula is C17H22N4O. The second-order valence-electron chi connectivity index (χ2n) is 5.84. The van der Waals surface area contributed by atoms with E-state index in [4.69, 9.17) is 0 Å². The molecule has 3 rings (SSSR count). The van der Waals surface area contributed by atoms with Crippen molar-refractivity contribution in [1.29, 1.82) is 0 Å². The minimum Gasteiger partial charge on any atom is -0.349 e. The van der Waals surface area contributed by atoms with Gasteiger partial charge in [-0.2, -0.15) is 5.10 Å². The number of nitrogens with one attached hydrogen (secondary N) is 2. The molecule has 2 heterocycles. The van der Waals surface area contributed by atoms with E-state index in [0.29, 0.717) is 5.56 Å². The molecular weight excluding hydrogens is 276 g/mol. The molecule has 1 aliphatic heterocycles. The van der Waals surface area contributed by atoms with Gasteiger partial charge in [-0.05, 0) is 51.4 Å². The molecule has 2 N–H and O–H groups in total. The van der Waals surface area contributed by atoms with Crippen molar-refractivity contribution in [2.75, 3.05) is 13.1 Å². The van der Waals surface area contributed by atoms with Gasteiger partial charge in [-0.15, -0.1) is 0 Å². The average molecular weight is 298 g/mol. The predicted octanol–water partition coefficient (Wildman–Crippen LogP) is 1.97. The van der Waals surface area contributed by atoms with Crippen molar-refractivity contribution in [3.63, 3.8) is 0 Å². The summed E-state index contributed by atoms with van der Waals surface area (Å²) < 4.78 is 1.84. The highest BCUT2D eigenvalue weighted by Crippen LogP contribution is 2.17. The van der Waals surface area contributed by atoms with Crippen molar-refractivity contribution >= 4 is 5.91 Å². The molecule has 0 spiro atoms. The van der Waals surface area contributed by atoms with Crippen LogP contribution < -0.4 is 10.6 Å². The molecule has 1 aromatic carbocycles. The number of carbonyl (C=O) groups is 1. The Balaban J connectivity index is 1.81. The minimum absolute atomic E-state index is 0.0239. The number of hydrogen-bond acceptors (Lipinski definition) is 3. The van der Waals surface area contributed by atoms with E-state index >= 15 is 0 Å². The zero-order valence-corrected chi connectivity index (χ0v) is 13.1. The van der Waals surface area contributed by atoms with E-state index in [9.17, 15) is 4.79 Å². The number of aryl methyl sites for hydroxylation is 1. The Bertz CT molecular complexity index is 671. The SMILES string of the molecule is Cc1ccccc1-n1ncc(C(=O)NC2CCNCC2)c1C. The molecule has 1 fully saturated rings. The molecule has 1 amide bonds. The van der Waals surface area contributed by atoms with Crippen molar-refractivity contribution in [1.82, 2.24) is 20.4 Å². The van der Waals surface area contributed by atoms with Gasteiger partial charge in [0.1, 0.15) is 0 Å². The first-order valence-electron chi connectivity index (χ1n) is 7.79. The first-order chi connectivity index (χ1) is 10.7. The molecule has 1 aliphatic rings. The summed E-state index contributed by atoms with van der Waals surface area (Å²) in [7, 11) is 0. The molecule has 1 aromatic heterocycles. The van der Waals surface area contributed by atoms with Crippen LogP contribution >= 0.6 is 0 Å². The molecule has 0 saturated carbocycles. The predicted molar refractivity (Wildman–Crippen MR) is 86.4 cm³/mol. The largest absolute Gasteiger partial charge is 0.349 e. The molecule has 5 nitrogen and oxygen atoms in total. The molecule has 5 heteroatoms. The van der Waals surface area contributed by atoms with Gasteiger partial charge >= 0.3 is 0 Å². The normalized spacial score (nSPS) is 15.7. The first kappa shape index (κ1) is 14.8. The number of amides is 1. The van der Waals surface area contributed by atoms with E-state index in [1.54, 1.807) is 6.20 Å². The van der Waals surface area contributed by atoms with E-state index in [1.807, 2.05) is 42.8 Å². The molecule has 2 aromatic rings. The van der Waals surface area contributed by atoms with Crippen molar-refractivity contribution in [3.05, 3.63) is 47.3 Å². The van der Waals surface area contributed by atoms with E-state index < -0.39 is 0 Å². The van der Waals surface area contributed by atoms with Crippen LogP contribution in [0.5, 0.6) is 0 Å². The van der Waals surface area contributed by atoms with Crippen LogP contribution in [0.15, 0.2) is 30.5 Å². The quantitative estimate of drug-likeness (QED) is 0.911. The van der Waals surface area contributed by atoms with Crippen molar-refractivity contribution < 1.29 is 4.79 Å². The number of para-hydroxylation sites is 1. The number of aromatic nitrogens is 2. The summed E-state index contributed by atoms with van der Waals surface area (Å²) in [6, 6.07) is 8.31. The summed E-state index contributed by atoms with van der Waals surface area (Å²) in [5.74, 6) is -0.0239. The lowest BCUT2D eigenvalue weighted by Crippen LogP contribution is -2.42. The van der Waals surface area contributed by atoms with Gasteiger partial charge in [0.05, 0.1) is 23.1 Å². The average Bonchev–Trinajstić information content (AvgIpc) is 2.90. The highest BCUT2D eigenvalue weighted by molar-refractivity contribution is 5.95. The number of nitrogens with zero attached hydrogens (tertiary/aromatic N) is 2. The van der Waals surface area contributed by atoms with Gasteiger partial charge in [0, 0.05) is 6.04 Å². The van der Waals surface area contributed by atoms with Gasteiger partial charge in [-0.3, -0.25) is 4.79 Å². The number of piperidine rings is 1. The molecule has 116 valence electrons. The van der Waals surface area contributed by atoms with Gasteiger partial charge in [0.2, 0.25) is 0 Å². The lowest BCUT2D eigenvalue weighted by Gasteiger charge is -2.23. The monoisotopic (exact) mass is 298 g/mol. The minimum atomic E-state index is -0.0239. The second-order valence-corrected chi connectivity index (χ2v) is 5.84. The van der Waals surface area contributed by atoms with Crippen LogP contribution in [0.2, 0.25) is 0 Å². The number of benzene rings is 1. The third-order valence-electron chi connectivity index (χ3n) is 4.27. The summed E-state index contributed by atoms with van der Waals surface area (Å²) in [6.07, 6.45) is 3.63. The number of rotatable bonds is 3.